The van der Waals surface area contributed by atoms with E-state index in [0.29, 0.717) is 5.92 Å². The molecule has 0 saturated carbocycles. The van der Waals surface area contributed by atoms with E-state index in [2.05, 4.69) is 13.8 Å². The number of unbranched alkanes of at least 4 members (excludes halogenated alkanes) is 2. The summed E-state index contributed by atoms with van der Waals surface area (Å²) in [5.74, 6) is 0.529. The van der Waals surface area contributed by atoms with Gasteiger partial charge in [-0.1, -0.05) is 53.4 Å². The lowest BCUT2D eigenvalue weighted by Crippen LogP contribution is -2.15. The first kappa shape index (κ1) is 23.0. The molecular formula is C15H35NOS. The zero-order chi connectivity index (χ0) is 14.8. The summed E-state index contributed by atoms with van der Waals surface area (Å²) < 4.78 is 0. The van der Waals surface area contributed by atoms with Gasteiger partial charge < -0.3 is 10.8 Å². The van der Waals surface area contributed by atoms with Gasteiger partial charge in [-0.05, 0) is 30.9 Å². The van der Waals surface area contributed by atoms with Gasteiger partial charge in [0.25, 0.3) is 0 Å². The standard InChI is InChI=1S/C10H22O.C3H7NS.C2H6/c1-4-6-7-8-10(5-2)9(3)11;1-5-3-2-4;1-2/h9-11H,4-8H2,1-3H3;2-3H,4H2,1H3;1-2H3/b;3-2-;. The van der Waals surface area contributed by atoms with Gasteiger partial charge in [0.2, 0.25) is 0 Å². The predicted molar refractivity (Wildman–Crippen MR) is 87.8 cm³/mol. The van der Waals surface area contributed by atoms with E-state index in [1.54, 1.807) is 11.8 Å². The first-order valence-electron chi connectivity index (χ1n) is 7.21. The molecule has 3 N–H and O–H groups in total. The Balaban J connectivity index is -0.000000270. The van der Waals surface area contributed by atoms with Crippen LogP contribution in [0.25, 0.3) is 0 Å². The minimum atomic E-state index is -0.114. The van der Waals surface area contributed by atoms with E-state index in [1.807, 2.05) is 32.4 Å². The zero-order valence-electron chi connectivity index (χ0n) is 13.3. The molecule has 18 heavy (non-hydrogen) atoms. The van der Waals surface area contributed by atoms with Crippen LogP contribution < -0.4 is 5.73 Å². The molecule has 0 amide bonds. The fraction of sp³-hybridized carbons (Fsp3) is 0.867. The molecule has 0 heterocycles. The molecule has 112 valence electrons. The van der Waals surface area contributed by atoms with E-state index in [0.717, 1.165) is 6.42 Å². The molecule has 2 atom stereocenters. The van der Waals surface area contributed by atoms with Crippen LogP contribution in [0.15, 0.2) is 11.6 Å². The molecule has 0 aliphatic heterocycles. The van der Waals surface area contributed by atoms with Crippen LogP contribution in [-0.4, -0.2) is 17.5 Å². The third-order valence-corrected chi connectivity index (χ3v) is 3.03. The van der Waals surface area contributed by atoms with Crippen molar-refractivity contribution in [2.24, 2.45) is 11.7 Å². The Morgan fingerprint density at radius 3 is 2.00 bits per heavy atom. The number of rotatable bonds is 7. The van der Waals surface area contributed by atoms with Gasteiger partial charge in [0.15, 0.2) is 0 Å². The average Bonchev–Trinajstić information content (AvgIpc) is 2.38. The van der Waals surface area contributed by atoms with Crippen LogP contribution in [0, 0.1) is 5.92 Å². The summed E-state index contributed by atoms with van der Waals surface area (Å²) >= 11 is 1.60. The number of hydrogen-bond acceptors (Lipinski definition) is 3. The quantitative estimate of drug-likeness (QED) is 0.658. The van der Waals surface area contributed by atoms with Crippen LogP contribution in [0.3, 0.4) is 0 Å². The van der Waals surface area contributed by atoms with Crippen molar-refractivity contribution in [2.75, 3.05) is 6.26 Å². The second kappa shape index (κ2) is 22.1. The van der Waals surface area contributed by atoms with Gasteiger partial charge >= 0.3 is 0 Å². The monoisotopic (exact) mass is 277 g/mol. The first-order chi connectivity index (χ1) is 8.63. The maximum atomic E-state index is 9.31. The van der Waals surface area contributed by atoms with Crippen molar-refractivity contribution >= 4 is 11.8 Å². The normalized spacial score (nSPS) is 13.1. The molecule has 0 aromatic carbocycles. The minimum Gasteiger partial charge on any atom is -0.404 e. The fourth-order valence-electron chi connectivity index (χ4n) is 1.52. The van der Waals surface area contributed by atoms with Crippen molar-refractivity contribution in [1.82, 2.24) is 0 Å². The van der Waals surface area contributed by atoms with Gasteiger partial charge in [-0.15, -0.1) is 11.8 Å². The molecule has 0 aromatic heterocycles. The Hall–Kier alpha value is -0.150. The largest absolute Gasteiger partial charge is 0.404 e. The summed E-state index contributed by atoms with van der Waals surface area (Å²) in [5, 5.41) is 11.1. The third-order valence-electron chi connectivity index (χ3n) is 2.60. The minimum absolute atomic E-state index is 0.114. The molecule has 0 rings (SSSR count). The van der Waals surface area contributed by atoms with Crippen molar-refractivity contribution < 1.29 is 5.11 Å². The smallest absolute Gasteiger partial charge is 0.0540 e. The van der Waals surface area contributed by atoms with Crippen LogP contribution in [0.4, 0.5) is 0 Å². The van der Waals surface area contributed by atoms with Crippen molar-refractivity contribution in [3.63, 3.8) is 0 Å². The zero-order valence-corrected chi connectivity index (χ0v) is 14.1. The second-order valence-electron chi connectivity index (χ2n) is 3.97. The van der Waals surface area contributed by atoms with Crippen molar-refractivity contribution in [1.29, 1.82) is 0 Å². The maximum Gasteiger partial charge on any atom is 0.0540 e. The Morgan fingerprint density at radius 2 is 1.78 bits per heavy atom. The van der Waals surface area contributed by atoms with Crippen molar-refractivity contribution in [3.8, 4) is 0 Å². The SMILES string of the molecule is CC.CCCCCC(CC)C(C)O.CS/C=C\N. The highest BCUT2D eigenvalue weighted by Crippen LogP contribution is 2.16. The van der Waals surface area contributed by atoms with Gasteiger partial charge in [-0.2, -0.15) is 0 Å². The molecule has 2 nitrogen and oxygen atoms in total. The third kappa shape index (κ3) is 21.2. The van der Waals surface area contributed by atoms with Crippen LogP contribution >= 0.6 is 11.8 Å². The van der Waals surface area contributed by atoms with E-state index in [9.17, 15) is 5.11 Å². The lowest BCUT2D eigenvalue weighted by atomic mass is 9.94. The average molecular weight is 278 g/mol. The topological polar surface area (TPSA) is 46.2 Å². The fourth-order valence-corrected chi connectivity index (χ4v) is 1.68. The Kier molecular flexibility index (Phi) is 28.2. The lowest BCUT2D eigenvalue weighted by Gasteiger charge is -2.17. The maximum absolute atomic E-state index is 9.31. The van der Waals surface area contributed by atoms with Crippen LogP contribution in [0.5, 0.6) is 0 Å². The van der Waals surface area contributed by atoms with E-state index in [1.165, 1.54) is 31.9 Å². The number of nitrogens with two attached hydrogens (primary N) is 1. The van der Waals surface area contributed by atoms with E-state index in [-0.39, 0.29) is 6.10 Å². The van der Waals surface area contributed by atoms with Gasteiger partial charge in [-0.25, -0.2) is 0 Å². The molecular weight excluding hydrogens is 242 g/mol. The molecule has 0 aliphatic carbocycles. The van der Waals surface area contributed by atoms with Crippen molar-refractivity contribution in [3.05, 3.63) is 11.6 Å². The second-order valence-corrected chi connectivity index (χ2v) is 4.71. The molecule has 0 spiro atoms. The Bertz CT molecular complexity index is 149. The Labute approximate surface area is 119 Å². The lowest BCUT2D eigenvalue weighted by molar-refractivity contribution is 0.116. The molecule has 0 saturated heterocycles. The molecule has 0 aliphatic rings. The number of aliphatic hydroxyl groups is 1. The number of hydrogen-bond donors (Lipinski definition) is 2. The molecule has 0 bridgehead atoms. The highest BCUT2D eigenvalue weighted by molar-refractivity contribution is 8.01. The number of aliphatic hydroxyl groups excluding tert-OH is 1. The van der Waals surface area contributed by atoms with Gasteiger partial charge in [-0.3, -0.25) is 0 Å². The van der Waals surface area contributed by atoms with Gasteiger partial charge in [0.1, 0.15) is 0 Å². The first-order valence-corrected chi connectivity index (χ1v) is 8.50. The Morgan fingerprint density at radius 1 is 1.22 bits per heavy atom. The predicted octanol–water partition coefficient (Wildman–Crippen LogP) is 4.78. The summed E-state index contributed by atoms with van der Waals surface area (Å²) in [6, 6.07) is 0. The summed E-state index contributed by atoms with van der Waals surface area (Å²) in [5.41, 5.74) is 4.94. The molecule has 3 heteroatoms. The highest BCUT2D eigenvalue weighted by Gasteiger charge is 2.10. The molecule has 0 aromatic rings. The van der Waals surface area contributed by atoms with Gasteiger partial charge in [0, 0.05) is 6.20 Å². The summed E-state index contributed by atoms with van der Waals surface area (Å²) in [6.07, 6.45) is 9.54. The van der Waals surface area contributed by atoms with Crippen LogP contribution in [0.2, 0.25) is 0 Å². The van der Waals surface area contributed by atoms with Crippen LogP contribution in [-0.2, 0) is 0 Å². The van der Waals surface area contributed by atoms with E-state index < -0.39 is 0 Å². The van der Waals surface area contributed by atoms with E-state index in [4.69, 9.17) is 5.73 Å². The molecule has 0 radical (unpaired) electrons. The molecule has 2 unspecified atom stereocenters. The van der Waals surface area contributed by atoms with Crippen molar-refractivity contribution in [2.45, 2.75) is 72.8 Å². The highest BCUT2D eigenvalue weighted by atomic mass is 32.2. The molecule has 0 fully saturated rings. The summed E-state index contributed by atoms with van der Waals surface area (Å²) in [4.78, 5) is 0. The van der Waals surface area contributed by atoms with E-state index >= 15 is 0 Å². The van der Waals surface area contributed by atoms with Crippen LogP contribution in [0.1, 0.15) is 66.7 Å². The summed E-state index contributed by atoms with van der Waals surface area (Å²) in [7, 11) is 0. The number of thioether (sulfide) groups is 1. The van der Waals surface area contributed by atoms with Gasteiger partial charge in [0.05, 0.1) is 6.10 Å². The summed E-state index contributed by atoms with van der Waals surface area (Å²) in [6.45, 7) is 10.3.